The van der Waals surface area contributed by atoms with Gasteiger partial charge in [-0.15, -0.1) is 0 Å². The molecule has 3 aromatic carbocycles. The van der Waals surface area contributed by atoms with Gasteiger partial charge in [-0.2, -0.15) is 0 Å². The predicted octanol–water partition coefficient (Wildman–Crippen LogP) is 3.57. The minimum Gasteiger partial charge on any atom is -0.497 e. The standard InChI is InChI=1S/C27H25N3O5/c1-18(31)30(25-17-8-19-6-4-5-7-24(19)28-25)29-26(32)27(33,20-9-13-22(34-2)14-10-20)21-11-15-23(35-3)16-12-21/h4-17,33H,1-3H3,(H,29,32). The minimum absolute atomic E-state index is 0.219. The zero-order valence-electron chi connectivity index (χ0n) is 19.6. The smallest absolute Gasteiger partial charge is 0.280 e. The number of anilines is 1. The van der Waals surface area contributed by atoms with E-state index in [1.54, 1.807) is 60.7 Å². The van der Waals surface area contributed by atoms with Crippen LogP contribution in [0.1, 0.15) is 18.1 Å². The third kappa shape index (κ3) is 4.64. The highest BCUT2D eigenvalue weighted by Crippen LogP contribution is 2.33. The molecule has 0 saturated carbocycles. The lowest BCUT2D eigenvalue weighted by Crippen LogP contribution is -2.54. The zero-order valence-corrected chi connectivity index (χ0v) is 19.6. The first-order chi connectivity index (χ1) is 16.9. The fraction of sp³-hybridized carbons (Fsp3) is 0.148. The van der Waals surface area contributed by atoms with E-state index in [4.69, 9.17) is 9.47 Å². The van der Waals surface area contributed by atoms with Crippen molar-refractivity contribution in [1.29, 1.82) is 0 Å². The number of rotatable bonds is 6. The SMILES string of the molecule is COc1ccc(C(O)(C(=O)NN(C(C)=O)c2ccc3ccccc3n2)c2ccc(OC)cc2)cc1. The largest absolute Gasteiger partial charge is 0.497 e. The number of fused-ring (bicyclic) bond motifs is 1. The maximum absolute atomic E-state index is 13.7. The Morgan fingerprint density at radius 1 is 0.829 bits per heavy atom. The molecule has 4 aromatic rings. The molecule has 0 aliphatic rings. The van der Waals surface area contributed by atoms with Crippen molar-refractivity contribution >= 4 is 28.5 Å². The Bertz CT molecular complexity index is 1310. The third-order valence-corrected chi connectivity index (χ3v) is 5.69. The second kappa shape index (κ2) is 9.82. The van der Waals surface area contributed by atoms with Crippen LogP contribution in [0, 0.1) is 0 Å². The van der Waals surface area contributed by atoms with Crippen molar-refractivity contribution in [2.45, 2.75) is 12.5 Å². The van der Waals surface area contributed by atoms with Crippen molar-refractivity contribution in [3.63, 3.8) is 0 Å². The lowest BCUT2D eigenvalue weighted by molar-refractivity contribution is -0.138. The quantitative estimate of drug-likeness (QED) is 0.417. The van der Waals surface area contributed by atoms with Crippen LogP contribution in [0.15, 0.2) is 84.9 Å². The van der Waals surface area contributed by atoms with E-state index >= 15 is 0 Å². The highest BCUT2D eigenvalue weighted by molar-refractivity contribution is 5.98. The zero-order chi connectivity index (χ0) is 25.0. The molecule has 8 nitrogen and oxygen atoms in total. The van der Waals surface area contributed by atoms with Crippen molar-refractivity contribution in [3.8, 4) is 11.5 Å². The molecular weight excluding hydrogens is 446 g/mol. The first-order valence-corrected chi connectivity index (χ1v) is 10.9. The molecule has 0 aliphatic heterocycles. The van der Waals surface area contributed by atoms with Gasteiger partial charge in [0.15, 0.2) is 11.4 Å². The number of pyridine rings is 1. The fourth-order valence-electron chi connectivity index (χ4n) is 3.75. The average molecular weight is 472 g/mol. The molecule has 0 saturated heterocycles. The van der Waals surface area contributed by atoms with Crippen molar-refractivity contribution < 1.29 is 24.2 Å². The topological polar surface area (TPSA) is 101 Å². The van der Waals surface area contributed by atoms with Gasteiger partial charge < -0.3 is 14.6 Å². The van der Waals surface area contributed by atoms with Crippen LogP contribution in [-0.4, -0.2) is 36.1 Å². The third-order valence-electron chi connectivity index (χ3n) is 5.69. The number of carbonyl (C=O) groups is 2. The van der Waals surface area contributed by atoms with Crippen LogP contribution >= 0.6 is 0 Å². The van der Waals surface area contributed by atoms with Crippen molar-refractivity contribution in [3.05, 3.63) is 96.1 Å². The van der Waals surface area contributed by atoms with Crippen LogP contribution in [-0.2, 0) is 15.2 Å². The van der Waals surface area contributed by atoms with Crippen LogP contribution in [0.5, 0.6) is 11.5 Å². The van der Waals surface area contributed by atoms with Crippen LogP contribution < -0.4 is 19.9 Å². The van der Waals surface area contributed by atoms with Gasteiger partial charge in [0.25, 0.3) is 5.91 Å². The van der Waals surface area contributed by atoms with Crippen molar-refractivity contribution in [2.24, 2.45) is 0 Å². The summed E-state index contributed by atoms with van der Waals surface area (Å²) in [7, 11) is 3.05. The molecule has 0 spiro atoms. The number of hydrogen-bond acceptors (Lipinski definition) is 6. The van der Waals surface area contributed by atoms with Gasteiger partial charge in [-0.3, -0.25) is 15.0 Å². The number of amides is 2. The molecule has 0 radical (unpaired) electrons. The summed E-state index contributed by atoms with van der Waals surface area (Å²) in [4.78, 5) is 30.7. The van der Waals surface area contributed by atoms with E-state index in [9.17, 15) is 14.7 Å². The highest BCUT2D eigenvalue weighted by Gasteiger charge is 2.41. The number of nitrogens with zero attached hydrogens (tertiary/aromatic N) is 2. The van der Waals surface area contributed by atoms with E-state index in [1.165, 1.54) is 21.1 Å². The molecule has 8 heteroatoms. The Morgan fingerprint density at radius 3 is 1.89 bits per heavy atom. The molecular formula is C27H25N3O5. The summed E-state index contributed by atoms with van der Waals surface area (Å²) in [5.41, 5.74) is 1.66. The number of aliphatic hydroxyl groups is 1. The first-order valence-electron chi connectivity index (χ1n) is 10.9. The Hall–Kier alpha value is -4.43. The number of hydrogen-bond donors (Lipinski definition) is 2. The Morgan fingerprint density at radius 2 is 1.37 bits per heavy atom. The highest BCUT2D eigenvalue weighted by atomic mass is 16.5. The number of methoxy groups -OCH3 is 2. The first kappa shape index (κ1) is 23.7. The summed E-state index contributed by atoms with van der Waals surface area (Å²) in [6.45, 7) is 1.30. The van der Waals surface area contributed by atoms with Gasteiger partial charge in [-0.05, 0) is 53.6 Å². The lowest BCUT2D eigenvalue weighted by atomic mass is 9.85. The summed E-state index contributed by atoms with van der Waals surface area (Å²) >= 11 is 0. The molecule has 2 amide bonds. The molecule has 178 valence electrons. The average Bonchev–Trinajstić information content (AvgIpc) is 2.90. The molecule has 2 N–H and O–H groups in total. The van der Waals surface area contributed by atoms with Gasteiger partial charge in [-0.1, -0.05) is 42.5 Å². The Kier molecular flexibility index (Phi) is 6.66. The number of para-hydroxylation sites is 1. The molecule has 0 atom stereocenters. The van der Waals surface area contributed by atoms with Gasteiger partial charge >= 0.3 is 0 Å². The summed E-state index contributed by atoms with van der Waals surface area (Å²) < 4.78 is 10.4. The minimum atomic E-state index is -2.14. The van der Waals surface area contributed by atoms with Gasteiger partial charge in [-0.25, -0.2) is 9.99 Å². The second-order valence-electron chi connectivity index (χ2n) is 7.82. The van der Waals surface area contributed by atoms with Crippen molar-refractivity contribution in [2.75, 3.05) is 19.2 Å². The van der Waals surface area contributed by atoms with Crippen molar-refractivity contribution in [1.82, 2.24) is 10.4 Å². The summed E-state index contributed by atoms with van der Waals surface area (Å²) in [5.74, 6) is 0.0382. The van der Waals surface area contributed by atoms with E-state index < -0.39 is 17.4 Å². The van der Waals surface area contributed by atoms with Gasteiger partial charge in [0, 0.05) is 12.3 Å². The van der Waals surface area contributed by atoms with Gasteiger partial charge in [0.2, 0.25) is 5.91 Å². The summed E-state index contributed by atoms with van der Waals surface area (Å²) in [6.07, 6.45) is 0. The maximum Gasteiger partial charge on any atom is 0.280 e. The Labute approximate surface area is 202 Å². The lowest BCUT2D eigenvalue weighted by Gasteiger charge is -2.31. The van der Waals surface area contributed by atoms with Crippen LogP contribution in [0.3, 0.4) is 0 Å². The van der Waals surface area contributed by atoms with E-state index in [1.807, 2.05) is 24.3 Å². The van der Waals surface area contributed by atoms with E-state index in [-0.39, 0.29) is 16.9 Å². The Balaban J connectivity index is 1.76. The summed E-state index contributed by atoms with van der Waals surface area (Å²) in [6, 6.07) is 23.8. The van der Waals surface area contributed by atoms with Gasteiger partial charge in [0.05, 0.1) is 19.7 Å². The monoisotopic (exact) mass is 471 g/mol. The molecule has 4 rings (SSSR count). The molecule has 0 fully saturated rings. The maximum atomic E-state index is 13.7. The van der Waals surface area contributed by atoms with Crippen LogP contribution in [0.25, 0.3) is 10.9 Å². The van der Waals surface area contributed by atoms with E-state index in [0.717, 1.165) is 10.4 Å². The number of hydrazine groups is 1. The summed E-state index contributed by atoms with van der Waals surface area (Å²) in [5, 5.41) is 13.8. The molecule has 0 bridgehead atoms. The fourth-order valence-corrected chi connectivity index (χ4v) is 3.75. The van der Waals surface area contributed by atoms with Crippen LogP contribution in [0.4, 0.5) is 5.82 Å². The number of nitrogens with one attached hydrogen (secondary N) is 1. The number of carbonyl (C=O) groups excluding carboxylic acids is 2. The molecule has 35 heavy (non-hydrogen) atoms. The predicted molar refractivity (Wildman–Crippen MR) is 132 cm³/mol. The molecule has 1 heterocycles. The molecule has 1 aromatic heterocycles. The number of benzene rings is 3. The normalized spacial score (nSPS) is 11.1. The molecule has 0 unspecified atom stereocenters. The van der Waals surface area contributed by atoms with E-state index in [2.05, 4.69) is 10.4 Å². The molecule has 0 aliphatic carbocycles. The second-order valence-corrected chi connectivity index (χ2v) is 7.82. The van der Waals surface area contributed by atoms with E-state index in [0.29, 0.717) is 17.0 Å². The number of aromatic nitrogens is 1. The number of ether oxygens (including phenoxy) is 2. The van der Waals surface area contributed by atoms with Crippen LogP contribution in [0.2, 0.25) is 0 Å². The van der Waals surface area contributed by atoms with Gasteiger partial charge in [0.1, 0.15) is 11.5 Å².